The molecule has 1 aliphatic heterocycles. The highest BCUT2D eigenvalue weighted by atomic mass is 35.5. The number of likely N-dealkylation sites (tertiary alicyclic amines) is 1. The molecule has 0 bridgehead atoms. The van der Waals surface area contributed by atoms with E-state index in [0.717, 1.165) is 19.6 Å². The van der Waals surface area contributed by atoms with Gasteiger partial charge in [0.15, 0.2) is 0 Å². The molecule has 1 unspecified atom stereocenters. The third-order valence-electron chi connectivity index (χ3n) is 3.54. The van der Waals surface area contributed by atoms with Crippen LogP contribution in [0.4, 0.5) is 5.82 Å². The molecule has 1 fully saturated rings. The van der Waals surface area contributed by atoms with Gasteiger partial charge in [-0.05, 0) is 32.0 Å². The van der Waals surface area contributed by atoms with Crippen molar-refractivity contribution in [2.24, 2.45) is 11.7 Å². The van der Waals surface area contributed by atoms with E-state index in [4.69, 9.17) is 22.7 Å². The number of amidine groups is 1. The molecular weight excluding hydrogens is 262 g/mol. The summed E-state index contributed by atoms with van der Waals surface area (Å²) in [5.74, 6) is 1.31. The van der Waals surface area contributed by atoms with Crippen LogP contribution in [-0.4, -0.2) is 49.4 Å². The molecule has 0 aromatic carbocycles. The van der Waals surface area contributed by atoms with Gasteiger partial charge in [0.2, 0.25) is 0 Å². The molecule has 104 valence electrons. The molecule has 0 amide bonds. The van der Waals surface area contributed by atoms with E-state index in [0.29, 0.717) is 22.3 Å². The number of anilines is 1. The Hall–Kier alpha value is -1.33. The van der Waals surface area contributed by atoms with Gasteiger partial charge in [-0.25, -0.2) is 4.98 Å². The van der Waals surface area contributed by atoms with Gasteiger partial charge in [0.05, 0.1) is 5.02 Å². The van der Waals surface area contributed by atoms with Crippen molar-refractivity contribution in [1.82, 2.24) is 9.88 Å². The van der Waals surface area contributed by atoms with Gasteiger partial charge in [-0.2, -0.15) is 0 Å². The first-order valence-electron chi connectivity index (χ1n) is 6.37. The van der Waals surface area contributed by atoms with E-state index in [9.17, 15) is 0 Å². The third kappa shape index (κ3) is 3.16. The van der Waals surface area contributed by atoms with Crippen LogP contribution in [0, 0.1) is 11.3 Å². The Kier molecular flexibility index (Phi) is 4.27. The van der Waals surface area contributed by atoms with E-state index in [2.05, 4.69) is 21.8 Å². The topological polar surface area (TPSA) is 69.2 Å². The van der Waals surface area contributed by atoms with E-state index in [1.165, 1.54) is 6.42 Å². The predicted octanol–water partition coefficient (Wildman–Crippen LogP) is 1.41. The lowest BCUT2D eigenvalue weighted by Gasteiger charge is -2.23. The van der Waals surface area contributed by atoms with Crippen LogP contribution in [0.25, 0.3) is 0 Å². The van der Waals surface area contributed by atoms with Gasteiger partial charge in [-0.3, -0.25) is 5.41 Å². The number of hydrogen-bond acceptors (Lipinski definition) is 4. The lowest BCUT2D eigenvalue weighted by atomic mass is 10.1. The van der Waals surface area contributed by atoms with Crippen molar-refractivity contribution < 1.29 is 0 Å². The number of nitrogens with zero attached hydrogens (tertiary/aromatic N) is 3. The highest BCUT2D eigenvalue weighted by molar-refractivity contribution is 6.36. The number of aromatic nitrogens is 1. The van der Waals surface area contributed by atoms with Crippen LogP contribution in [-0.2, 0) is 0 Å². The van der Waals surface area contributed by atoms with Gasteiger partial charge in [-0.15, -0.1) is 0 Å². The fraction of sp³-hybridized carbons (Fsp3) is 0.538. The average molecular weight is 282 g/mol. The van der Waals surface area contributed by atoms with Gasteiger partial charge in [0.25, 0.3) is 0 Å². The minimum absolute atomic E-state index is 0.0253. The summed E-state index contributed by atoms with van der Waals surface area (Å²) in [5, 5.41) is 7.97. The fourth-order valence-corrected chi connectivity index (χ4v) is 2.91. The minimum Gasteiger partial charge on any atom is -0.384 e. The SMILES string of the molecule is CN1CCC(CN(C)c2nccc(C(=N)N)c2Cl)C1. The molecule has 0 spiro atoms. The van der Waals surface area contributed by atoms with Crippen LogP contribution in [0.5, 0.6) is 0 Å². The molecule has 6 heteroatoms. The summed E-state index contributed by atoms with van der Waals surface area (Å²) in [6.07, 6.45) is 2.85. The Balaban J connectivity index is 2.13. The maximum absolute atomic E-state index is 7.50. The summed E-state index contributed by atoms with van der Waals surface area (Å²) in [6, 6.07) is 1.67. The molecule has 1 aromatic heterocycles. The molecule has 1 saturated heterocycles. The second-order valence-electron chi connectivity index (χ2n) is 5.21. The van der Waals surface area contributed by atoms with Gasteiger partial charge >= 0.3 is 0 Å². The van der Waals surface area contributed by atoms with Crippen molar-refractivity contribution >= 4 is 23.3 Å². The van der Waals surface area contributed by atoms with Gasteiger partial charge in [-0.1, -0.05) is 11.6 Å². The van der Waals surface area contributed by atoms with Crippen molar-refractivity contribution in [3.05, 3.63) is 22.8 Å². The van der Waals surface area contributed by atoms with Crippen LogP contribution < -0.4 is 10.6 Å². The molecule has 0 aliphatic carbocycles. The molecule has 3 N–H and O–H groups in total. The first-order chi connectivity index (χ1) is 8.99. The zero-order valence-electron chi connectivity index (χ0n) is 11.4. The molecule has 0 radical (unpaired) electrons. The van der Waals surface area contributed by atoms with Crippen molar-refractivity contribution in [2.75, 3.05) is 38.6 Å². The van der Waals surface area contributed by atoms with E-state index in [-0.39, 0.29) is 5.84 Å². The smallest absolute Gasteiger partial charge is 0.147 e. The number of nitrogens with one attached hydrogen (secondary N) is 1. The summed E-state index contributed by atoms with van der Waals surface area (Å²) in [6.45, 7) is 3.17. The molecular formula is C13H20ClN5. The van der Waals surface area contributed by atoms with Crippen molar-refractivity contribution in [1.29, 1.82) is 5.41 Å². The monoisotopic (exact) mass is 281 g/mol. The van der Waals surface area contributed by atoms with Gasteiger partial charge < -0.3 is 15.5 Å². The number of hydrogen-bond donors (Lipinski definition) is 2. The number of nitrogen functional groups attached to an aromatic ring is 1. The molecule has 0 saturated carbocycles. The van der Waals surface area contributed by atoms with E-state index >= 15 is 0 Å². The predicted molar refractivity (Wildman–Crippen MR) is 79.1 cm³/mol. The molecule has 2 heterocycles. The molecule has 2 rings (SSSR count). The van der Waals surface area contributed by atoms with Gasteiger partial charge in [0.1, 0.15) is 11.7 Å². The molecule has 1 aliphatic rings. The average Bonchev–Trinajstić information content (AvgIpc) is 2.74. The highest BCUT2D eigenvalue weighted by Crippen LogP contribution is 2.27. The number of halogens is 1. The van der Waals surface area contributed by atoms with Crippen molar-refractivity contribution in [3.63, 3.8) is 0 Å². The first-order valence-corrected chi connectivity index (χ1v) is 6.75. The maximum atomic E-state index is 7.50. The molecule has 19 heavy (non-hydrogen) atoms. The normalized spacial score (nSPS) is 19.6. The van der Waals surface area contributed by atoms with E-state index < -0.39 is 0 Å². The van der Waals surface area contributed by atoms with Crippen LogP contribution in [0.1, 0.15) is 12.0 Å². The second-order valence-corrected chi connectivity index (χ2v) is 5.59. The third-order valence-corrected chi connectivity index (χ3v) is 3.92. The molecule has 1 aromatic rings. The zero-order valence-corrected chi connectivity index (χ0v) is 12.1. The fourth-order valence-electron chi connectivity index (χ4n) is 2.56. The van der Waals surface area contributed by atoms with Crippen LogP contribution in [0.15, 0.2) is 12.3 Å². The molecule has 5 nitrogen and oxygen atoms in total. The zero-order chi connectivity index (χ0) is 14.0. The van der Waals surface area contributed by atoms with Crippen molar-refractivity contribution in [3.8, 4) is 0 Å². The van der Waals surface area contributed by atoms with Crippen LogP contribution >= 0.6 is 11.6 Å². The summed E-state index contributed by atoms with van der Waals surface area (Å²) in [7, 11) is 4.12. The Morgan fingerprint density at radius 1 is 1.68 bits per heavy atom. The summed E-state index contributed by atoms with van der Waals surface area (Å²) < 4.78 is 0. The second kappa shape index (κ2) is 5.75. The minimum atomic E-state index is -0.0253. The van der Waals surface area contributed by atoms with E-state index in [1.807, 2.05) is 7.05 Å². The molecule has 1 atom stereocenters. The lowest BCUT2D eigenvalue weighted by molar-refractivity contribution is 0.395. The number of rotatable bonds is 4. The summed E-state index contributed by atoms with van der Waals surface area (Å²) in [5.41, 5.74) is 6.05. The first kappa shape index (κ1) is 14.1. The van der Waals surface area contributed by atoms with Crippen molar-refractivity contribution in [2.45, 2.75) is 6.42 Å². The maximum Gasteiger partial charge on any atom is 0.147 e. The number of pyridine rings is 1. The summed E-state index contributed by atoms with van der Waals surface area (Å²) in [4.78, 5) is 8.70. The number of nitrogens with two attached hydrogens (primary N) is 1. The van der Waals surface area contributed by atoms with Gasteiger partial charge in [0, 0.05) is 31.9 Å². The largest absolute Gasteiger partial charge is 0.384 e. The Bertz CT molecular complexity index is 476. The quantitative estimate of drug-likeness (QED) is 0.647. The Morgan fingerprint density at radius 3 is 3.00 bits per heavy atom. The van der Waals surface area contributed by atoms with E-state index in [1.54, 1.807) is 12.3 Å². The van der Waals surface area contributed by atoms with Crippen LogP contribution in [0.3, 0.4) is 0 Å². The Labute approximate surface area is 118 Å². The standard InChI is InChI=1S/C13H20ClN5/c1-18-6-4-9(7-18)8-19(2)13-11(14)10(12(15)16)3-5-17-13/h3,5,9H,4,6-8H2,1-2H3,(H3,15,16). The van der Waals surface area contributed by atoms with Crippen LogP contribution in [0.2, 0.25) is 5.02 Å². The Morgan fingerprint density at radius 2 is 2.42 bits per heavy atom. The highest BCUT2D eigenvalue weighted by Gasteiger charge is 2.22. The summed E-state index contributed by atoms with van der Waals surface area (Å²) >= 11 is 6.28. The lowest BCUT2D eigenvalue weighted by Crippen LogP contribution is -2.28.